The van der Waals surface area contributed by atoms with E-state index in [0.717, 1.165) is 17.5 Å². The molecular weight excluding hydrogens is 526 g/mol. The molecule has 41 heavy (non-hydrogen) atoms. The second-order valence-corrected chi connectivity index (χ2v) is 13.4. The van der Waals surface area contributed by atoms with E-state index >= 15 is 0 Å². The van der Waals surface area contributed by atoms with Crippen LogP contribution in [0.3, 0.4) is 0 Å². The number of aliphatic hydroxyl groups excluding tert-OH is 2. The van der Waals surface area contributed by atoms with E-state index in [1.165, 1.54) is 0 Å². The van der Waals surface area contributed by atoms with Gasteiger partial charge in [-0.2, -0.15) is 0 Å². The number of carbonyl (C=O) groups is 2. The molecule has 7 atom stereocenters. The van der Waals surface area contributed by atoms with Gasteiger partial charge in [0.25, 0.3) is 0 Å². The molecule has 3 fully saturated rings. The van der Waals surface area contributed by atoms with E-state index in [0.29, 0.717) is 38.2 Å². The van der Waals surface area contributed by atoms with Crippen LogP contribution >= 0.6 is 0 Å². The molecule has 2 aliphatic heterocycles. The van der Waals surface area contributed by atoms with Crippen molar-refractivity contribution in [2.45, 2.75) is 122 Å². The van der Waals surface area contributed by atoms with Crippen LogP contribution in [0.2, 0.25) is 0 Å². The minimum atomic E-state index is -1.09. The van der Waals surface area contributed by atoms with Gasteiger partial charge in [-0.1, -0.05) is 39.0 Å². The fraction of sp³-hybridized carbons (Fsp3) is 0.742. The Bertz CT molecular complexity index is 1140. The van der Waals surface area contributed by atoms with Gasteiger partial charge in [0, 0.05) is 26.7 Å². The molecular formula is C31H49N3O7. The normalized spacial score (nSPS) is 31.1. The van der Waals surface area contributed by atoms with Crippen molar-refractivity contribution in [2.24, 2.45) is 5.41 Å². The maximum Gasteiger partial charge on any atom is 0.309 e. The van der Waals surface area contributed by atoms with E-state index in [4.69, 9.17) is 14.2 Å². The van der Waals surface area contributed by atoms with Crippen LogP contribution in [-0.4, -0.2) is 82.3 Å². The predicted molar refractivity (Wildman–Crippen MR) is 154 cm³/mol. The highest BCUT2D eigenvalue weighted by molar-refractivity contribution is 5.85. The summed E-state index contributed by atoms with van der Waals surface area (Å²) in [5.74, 6) is -0.590. The van der Waals surface area contributed by atoms with Crippen LogP contribution in [0.1, 0.15) is 90.1 Å². The minimum absolute atomic E-state index is 0.0769. The molecule has 230 valence electrons. The molecule has 0 aromatic heterocycles. The SMILES string of the molecule is CCOC1CC12OC(=O)CC2(C)NC(=O)[C@@H]1CCCN1C(O)C(C)(NC(O)c1ccc(COC)cc1C)C(C)(C)C. The van der Waals surface area contributed by atoms with Crippen molar-refractivity contribution in [1.82, 2.24) is 15.5 Å². The number of amides is 1. The first-order valence-corrected chi connectivity index (χ1v) is 14.8. The first kappa shape index (κ1) is 31.8. The van der Waals surface area contributed by atoms with E-state index < -0.39 is 40.6 Å². The van der Waals surface area contributed by atoms with Crippen LogP contribution in [0, 0.1) is 12.3 Å². The highest BCUT2D eigenvalue weighted by atomic mass is 16.6. The first-order chi connectivity index (χ1) is 19.1. The number of rotatable bonds is 11. The number of aryl methyl sites for hydroxylation is 1. The quantitative estimate of drug-likeness (QED) is 0.232. The zero-order valence-corrected chi connectivity index (χ0v) is 25.9. The predicted octanol–water partition coefficient (Wildman–Crippen LogP) is 2.68. The number of benzene rings is 1. The lowest BCUT2D eigenvalue weighted by atomic mass is 9.72. The molecule has 1 saturated carbocycles. The van der Waals surface area contributed by atoms with E-state index in [9.17, 15) is 19.8 Å². The van der Waals surface area contributed by atoms with Crippen molar-refractivity contribution in [1.29, 1.82) is 0 Å². The molecule has 4 N–H and O–H groups in total. The van der Waals surface area contributed by atoms with Crippen LogP contribution in [-0.2, 0) is 30.4 Å². The van der Waals surface area contributed by atoms with Crippen LogP contribution in [0.5, 0.6) is 0 Å². The lowest BCUT2D eigenvalue weighted by Gasteiger charge is -2.50. The molecule has 1 aromatic rings. The van der Waals surface area contributed by atoms with Crippen LogP contribution in [0.25, 0.3) is 0 Å². The van der Waals surface area contributed by atoms with E-state index in [1.54, 1.807) is 7.11 Å². The Morgan fingerprint density at radius 3 is 2.59 bits per heavy atom. The van der Waals surface area contributed by atoms with Crippen LogP contribution in [0.15, 0.2) is 18.2 Å². The van der Waals surface area contributed by atoms with Crippen molar-refractivity contribution in [3.05, 3.63) is 34.9 Å². The van der Waals surface area contributed by atoms with Crippen molar-refractivity contribution in [3.63, 3.8) is 0 Å². The first-order valence-electron chi connectivity index (χ1n) is 14.8. The number of methoxy groups -OCH3 is 1. The lowest BCUT2D eigenvalue weighted by molar-refractivity contribution is -0.148. The van der Waals surface area contributed by atoms with Crippen LogP contribution < -0.4 is 10.6 Å². The maximum absolute atomic E-state index is 13.8. The molecule has 10 heteroatoms. The van der Waals surface area contributed by atoms with Gasteiger partial charge in [-0.3, -0.25) is 19.8 Å². The summed E-state index contributed by atoms with van der Waals surface area (Å²) < 4.78 is 16.7. The number of likely N-dealkylation sites (tertiary alicyclic amines) is 1. The number of ether oxygens (including phenoxy) is 3. The lowest BCUT2D eigenvalue weighted by Crippen LogP contribution is -2.68. The Labute approximate surface area is 244 Å². The summed E-state index contributed by atoms with van der Waals surface area (Å²) in [7, 11) is 1.64. The topological polar surface area (TPSA) is 130 Å². The summed E-state index contributed by atoms with van der Waals surface area (Å²) in [6.45, 7) is 15.1. The minimum Gasteiger partial charge on any atom is -0.454 e. The molecule has 0 bridgehead atoms. The van der Waals surface area contributed by atoms with E-state index in [-0.39, 0.29) is 24.4 Å². The summed E-state index contributed by atoms with van der Waals surface area (Å²) in [5, 5.41) is 29.8. The molecule has 4 rings (SSSR count). The van der Waals surface area contributed by atoms with Crippen LogP contribution in [0.4, 0.5) is 0 Å². The van der Waals surface area contributed by atoms with Gasteiger partial charge in [0.1, 0.15) is 18.6 Å². The second-order valence-electron chi connectivity index (χ2n) is 13.4. The Hall–Kier alpha value is -2.08. The molecule has 1 aromatic carbocycles. The average molecular weight is 576 g/mol. The Balaban J connectivity index is 1.53. The van der Waals surface area contributed by atoms with Crippen molar-refractivity contribution >= 4 is 11.9 Å². The summed E-state index contributed by atoms with van der Waals surface area (Å²) in [6, 6.07) is 5.17. The molecule has 0 radical (unpaired) electrons. The zero-order valence-electron chi connectivity index (χ0n) is 25.9. The molecule has 3 aliphatic rings. The van der Waals surface area contributed by atoms with Gasteiger partial charge in [0.05, 0.1) is 30.1 Å². The Morgan fingerprint density at radius 2 is 1.98 bits per heavy atom. The fourth-order valence-corrected chi connectivity index (χ4v) is 6.63. The van der Waals surface area contributed by atoms with E-state index in [1.807, 2.05) is 71.6 Å². The van der Waals surface area contributed by atoms with Gasteiger partial charge in [-0.05, 0) is 62.6 Å². The molecule has 1 amide bonds. The highest BCUT2D eigenvalue weighted by Gasteiger charge is 2.74. The molecule has 1 spiro atoms. The fourth-order valence-electron chi connectivity index (χ4n) is 6.63. The van der Waals surface area contributed by atoms with E-state index in [2.05, 4.69) is 10.6 Å². The summed E-state index contributed by atoms with van der Waals surface area (Å²) in [5.41, 5.74) is -0.642. The average Bonchev–Trinajstić information content (AvgIpc) is 3.24. The van der Waals surface area contributed by atoms with Crippen molar-refractivity contribution in [2.75, 3.05) is 20.3 Å². The number of esters is 1. The third-order valence-corrected chi connectivity index (χ3v) is 9.71. The Morgan fingerprint density at radius 1 is 1.27 bits per heavy atom. The second kappa shape index (κ2) is 11.5. The highest BCUT2D eigenvalue weighted by Crippen LogP contribution is 2.56. The summed E-state index contributed by atoms with van der Waals surface area (Å²) >= 11 is 0. The summed E-state index contributed by atoms with van der Waals surface area (Å²) in [4.78, 5) is 28.0. The molecule has 10 nitrogen and oxygen atoms in total. The van der Waals surface area contributed by atoms with Crippen molar-refractivity contribution in [3.8, 4) is 0 Å². The van der Waals surface area contributed by atoms with Crippen molar-refractivity contribution < 1.29 is 34.0 Å². The van der Waals surface area contributed by atoms with Gasteiger partial charge >= 0.3 is 5.97 Å². The standard InChI is InChI=1S/C31H49N3O7/c1-9-40-23-16-31(23)29(6,17-24(35)41-31)32-26(37)22-11-10-14-34(22)27(38)30(7,28(3,4)5)33-25(36)21-13-12-20(18-39-8)15-19(21)2/h12-13,15,22-23,25,27,33,36,38H,9-11,14,16-18H2,1-8H3,(H,32,37)/t22-,23?,25?,27?,29?,30?,31?/m0/s1. The number of hydrogen-bond acceptors (Lipinski definition) is 9. The summed E-state index contributed by atoms with van der Waals surface area (Å²) in [6.07, 6.45) is -0.453. The number of hydrogen-bond donors (Lipinski definition) is 4. The molecule has 1 aliphatic carbocycles. The van der Waals surface area contributed by atoms with Gasteiger partial charge in [0.15, 0.2) is 5.60 Å². The number of aliphatic hydroxyl groups is 2. The smallest absolute Gasteiger partial charge is 0.309 e. The van der Waals surface area contributed by atoms with Gasteiger partial charge in [0.2, 0.25) is 5.91 Å². The Kier molecular flexibility index (Phi) is 8.97. The maximum atomic E-state index is 13.8. The monoisotopic (exact) mass is 575 g/mol. The number of nitrogens with one attached hydrogen (secondary N) is 2. The molecule has 2 saturated heterocycles. The van der Waals surface area contributed by atoms with Gasteiger partial charge < -0.3 is 29.7 Å². The third kappa shape index (κ3) is 5.79. The number of nitrogens with zero attached hydrogens (tertiary/aromatic N) is 1. The molecule has 6 unspecified atom stereocenters. The zero-order chi connectivity index (χ0) is 30.4. The van der Waals surface area contributed by atoms with Gasteiger partial charge in [-0.25, -0.2) is 0 Å². The largest absolute Gasteiger partial charge is 0.454 e. The number of carbonyl (C=O) groups excluding carboxylic acids is 2. The molecule has 2 heterocycles. The third-order valence-electron chi connectivity index (χ3n) is 9.71. The van der Waals surface area contributed by atoms with Gasteiger partial charge in [-0.15, -0.1) is 0 Å².